The molecule has 0 aromatic heterocycles. The molecule has 1 rings (SSSR count). The average Bonchev–Trinajstić information content (AvgIpc) is 2.34. The normalized spacial score (nSPS) is 28.9. The lowest BCUT2D eigenvalue weighted by Crippen LogP contribution is -2.25. The van der Waals surface area contributed by atoms with Gasteiger partial charge in [-0.15, -0.1) is 0 Å². The molecule has 1 saturated carbocycles. The lowest BCUT2D eigenvalue weighted by atomic mass is 9.83. The van der Waals surface area contributed by atoms with Crippen molar-refractivity contribution in [2.24, 2.45) is 11.8 Å². The van der Waals surface area contributed by atoms with Crippen LogP contribution in [0.3, 0.4) is 0 Å². The summed E-state index contributed by atoms with van der Waals surface area (Å²) in [5.74, 6) is 1.40. The second kappa shape index (κ2) is 8.39. The first kappa shape index (κ1) is 15.3. The number of thiol groups is 1. The fourth-order valence-electron chi connectivity index (χ4n) is 2.76. The van der Waals surface area contributed by atoms with Gasteiger partial charge in [0.15, 0.2) is 0 Å². The maximum absolute atomic E-state index is 9.48. The molecule has 0 aromatic carbocycles. The monoisotopic (exact) mass is 260 g/mol. The summed E-state index contributed by atoms with van der Waals surface area (Å²) in [6.07, 6.45) is 8.58. The SMILES string of the molecule is CC(CCCO)CCC(S)C1CCC(O)CC1. The molecule has 2 nitrogen and oxygen atoms in total. The fraction of sp³-hybridized carbons (Fsp3) is 1.00. The molecule has 1 aliphatic carbocycles. The summed E-state index contributed by atoms with van der Waals surface area (Å²) in [6, 6.07) is 0. The first-order valence-electron chi connectivity index (χ1n) is 7.10. The van der Waals surface area contributed by atoms with E-state index < -0.39 is 0 Å². The van der Waals surface area contributed by atoms with Crippen molar-refractivity contribution in [2.75, 3.05) is 6.61 Å². The summed E-state index contributed by atoms with van der Waals surface area (Å²) < 4.78 is 0. The van der Waals surface area contributed by atoms with Gasteiger partial charge in [-0.1, -0.05) is 6.92 Å². The highest BCUT2D eigenvalue weighted by molar-refractivity contribution is 7.81. The van der Waals surface area contributed by atoms with E-state index in [0.29, 0.717) is 23.7 Å². The van der Waals surface area contributed by atoms with E-state index in [4.69, 9.17) is 17.7 Å². The van der Waals surface area contributed by atoms with Gasteiger partial charge < -0.3 is 10.2 Å². The van der Waals surface area contributed by atoms with Gasteiger partial charge in [0.2, 0.25) is 0 Å². The third-order valence-electron chi connectivity index (χ3n) is 4.10. The number of aliphatic hydroxyl groups is 2. The fourth-order valence-corrected chi connectivity index (χ4v) is 3.21. The summed E-state index contributed by atoms with van der Waals surface area (Å²) in [7, 11) is 0. The number of rotatable bonds is 7. The van der Waals surface area contributed by atoms with E-state index in [1.54, 1.807) is 0 Å². The van der Waals surface area contributed by atoms with Crippen LogP contribution >= 0.6 is 12.6 Å². The van der Waals surface area contributed by atoms with Gasteiger partial charge in [-0.2, -0.15) is 12.6 Å². The van der Waals surface area contributed by atoms with Crippen LogP contribution in [-0.2, 0) is 0 Å². The second-order valence-electron chi connectivity index (χ2n) is 5.68. The van der Waals surface area contributed by atoms with Gasteiger partial charge in [-0.3, -0.25) is 0 Å². The van der Waals surface area contributed by atoms with Crippen molar-refractivity contribution >= 4 is 12.6 Å². The predicted octanol–water partition coefficient (Wildman–Crippen LogP) is 3.02. The lowest BCUT2D eigenvalue weighted by Gasteiger charge is -2.30. The molecule has 2 unspecified atom stereocenters. The van der Waals surface area contributed by atoms with Gasteiger partial charge in [0.05, 0.1) is 6.10 Å². The lowest BCUT2D eigenvalue weighted by molar-refractivity contribution is 0.107. The molecule has 0 amide bonds. The van der Waals surface area contributed by atoms with Crippen LogP contribution in [-0.4, -0.2) is 28.2 Å². The van der Waals surface area contributed by atoms with Crippen LogP contribution in [0, 0.1) is 11.8 Å². The van der Waals surface area contributed by atoms with Crippen LogP contribution in [0.1, 0.15) is 58.3 Å². The minimum absolute atomic E-state index is 0.0599. The minimum Gasteiger partial charge on any atom is -0.396 e. The van der Waals surface area contributed by atoms with Crippen molar-refractivity contribution in [2.45, 2.75) is 69.6 Å². The Bertz CT molecular complexity index is 191. The van der Waals surface area contributed by atoms with Gasteiger partial charge >= 0.3 is 0 Å². The van der Waals surface area contributed by atoms with Crippen molar-refractivity contribution in [3.05, 3.63) is 0 Å². The van der Waals surface area contributed by atoms with Gasteiger partial charge in [0, 0.05) is 11.9 Å². The summed E-state index contributed by atoms with van der Waals surface area (Å²) in [5.41, 5.74) is 0. The third-order valence-corrected chi connectivity index (χ3v) is 4.78. The Morgan fingerprint density at radius 1 is 1.12 bits per heavy atom. The Morgan fingerprint density at radius 2 is 1.76 bits per heavy atom. The molecular weight excluding hydrogens is 232 g/mol. The first-order chi connectivity index (χ1) is 8.13. The third kappa shape index (κ3) is 6.12. The van der Waals surface area contributed by atoms with Crippen molar-refractivity contribution in [3.8, 4) is 0 Å². The largest absolute Gasteiger partial charge is 0.396 e. The summed E-state index contributed by atoms with van der Waals surface area (Å²) >= 11 is 4.74. The topological polar surface area (TPSA) is 40.5 Å². The highest BCUT2D eigenvalue weighted by atomic mass is 32.1. The summed E-state index contributed by atoms with van der Waals surface area (Å²) in [4.78, 5) is 0. The first-order valence-corrected chi connectivity index (χ1v) is 7.62. The zero-order valence-corrected chi connectivity index (χ0v) is 11.9. The van der Waals surface area contributed by atoms with E-state index in [0.717, 1.165) is 38.5 Å². The standard InChI is InChI=1S/C14H28O2S/c1-11(3-2-10-15)4-9-14(17)12-5-7-13(16)8-6-12/h11-17H,2-10H2,1H3. The van der Waals surface area contributed by atoms with Crippen molar-refractivity contribution in [1.82, 2.24) is 0 Å². The molecule has 0 aliphatic heterocycles. The molecule has 2 N–H and O–H groups in total. The van der Waals surface area contributed by atoms with Crippen molar-refractivity contribution < 1.29 is 10.2 Å². The van der Waals surface area contributed by atoms with Gasteiger partial charge in [0.25, 0.3) is 0 Å². The van der Waals surface area contributed by atoms with Crippen LogP contribution in [0.4, 0.5) is 0 Å². The molecule has 3 heteroatoms. The molecule has 0 saturated heterocycles. The van der Waals surface area contributed by atoms with Crippen molar-refractivity contribution in [3.63, 3.8) is 0 Å². The van der Waals surface area contributed by atoms with Gasteiger partial charge in [0.1, 0.15) is 0 Å². The Balaban J connectivity index is 2.13. The molecule has 0 bridgehead atoms. The molecule has 0 aromatic rings. The minimum atomic E-state index is -0.0599. The summed E-state index contributed by atoms with van der Waals surface area (Å²) in [6.45, 7) is 2.58. The van der Waals surface area contributed by atoms with E-state index >= 15 is 0 Å². The Labute approximate surface area is 111 Å². The number of hydrogen-bond acceptors (Lipinski definition) is 3. The van der Waals surface area contributed by atoms with Crippen molar-refractivity contribution in [1.29, 1.82) is 0 Å². The summed E-state index contributed by atoms with van der Waals surface area (Å²) in [5, 5.41) is 18.8. The highest BCUT2D eigenvalue weighted by Crippen LogP contribution is 2.32. The van der Waals surface area contributed by atoms with Crippen LogP contribution in [0.5, 0.6) is 0 Å². The van der Waals surface area contributed by atoms with E-state index in [1.807, 2.05) is 0 Å². The van der Waals surface area contributed by atoms with Crippen LogP contribution in [0.2, 0.25) is 0 Å². The molecular formula is C14H28O2S. The maximum Gasteiger partial charge on any atom is 0.0540 e. The molecule has 0 radical (unpaired) electrons. The van der Waals surface area contributed by atoms with E-state index in [-0.39, 0.29) is 6.10 Å². The molecule has 2 atom stereocenters. The number of hydrogen-bond donors (Lipinski definition) is 3. The highest BCUT2D eigenvalue weighted by Gasteiger charge is 2.24. The Hall–Kier alpha value is 0.270. The quantitative estimate of drug-likeness (QED) is 0.616. The molecule has 102 valence electrons. The molecule has 0 heterocycles. The molecule has 17 heavy (non-hydrogen) atoms. The Morgan fingerprint density at radius 3 is 2.35 bits per heavy atom. The van der Waals surface area contributed by atoms with Crippen LogP contribution in [0.15, 0.2) is 0 Å². The Kier molecular flexibility index (Phi) is 7.56. The smallest absolute Gasteiger partial charge is 0.0540 e. The number of aliphatic hydroxyl groups excluding tert-OH is 2. The molecule has 0 spiro atoms. The zero-order chi connectivity index (χ0) is 12.7. The van der Waals surface area contributed by atoms with E-state index in [2.05, 4.69) is 6.92 Å². The zero-order valence-electron chi connectivity index (χ0n) is 11.0. The second-order valence-corrected chi connectivity index (χ2v) is 6.35. The van der Waals surface area contributed by atoms with Crippen LogP contribution < -0.4 is 0 Å². The predicted molar refractivity (Wildman–Crippen MR) is 75.5 cm³/mol. The maximum atomic E-state index is 9.48. The van der Waals surface area contributed by atoms with E-state index in [1.165, 1.54) is 12.8 Å². The molecule has 1 aliphatic rings. The average molecular weight is 260 g/mol. The van der Waals surface area contributed by atoms with Crippen LogP contribution in [0.25, 0.3) is 0 Å². The van der Waals surface area contributed by atoms with Gasteiger partial charge in [-0.25, -0.2) is 0 Å². The van der Waals surface area contributed by atoms with Gasteiger partial charge in [-0.05, 0) is 63.2 Å². The molecule has 1 fully saturated rings. The van der Waals surface area contributed by atoms with E-state index in [9.17, 15) is 5.11 Å².